The van der Waals surface area contributed by atoms with E-state index in [0.29, 0.717) is 30.2 Å². The Kier molecular flexibility index (Phi) is 5.33. The minimum absolute atomic E-state index is 0.0539. The molecule has 2 aliphatic heterocycles. The van der Waals surface area contributed by atoms with Gasteiger partial charge in [0.2, 0.25) is 5.88 Å². The molecule has 3 heterocycles. The summed E-state index contributed by atoms with van der Waals surface area (Å²) >= 11 is 0. The maximum absolute atomic E-state index is 12.3. The van der Waals surface area contributed by atoms with Gasteiger partial charge in [0.25, 0.3) is 0 Å². The van der Waals surface area contributed by atoms with Gasteiger partial charge in [-0.25, -0.2) is 9.78 Å². The third kappa shape index (κ3) is 4.13. The van der Waals surface area contributed by atoms with Gasteiger partial charge >= 0.3 is 6.03 Å². The second-order valence-electron chi connectivity index (χ2n) is 6.12. The van der Waals surface area contributed by atoms with Crippen molar-refractivity contribution in [3.63, 3.8) is 0 Å². The Hall–Kier alpha value is -1.82. The standard InChI is InChI=1S/C17H25N3O3/c1-2-22-16-6-5-14(12-18-16)19-17(21)20-9-7-13(8-10-20)15-4-3-11-23-15/h5-6,12-13,15H,2-4,7-11H2,1H3,(H,19,21)/t15-/m1/s1. The second kappa shape index (κ2) is 7.64. The summed E-state index contributed by atoms with van der Waals surface area (Å²) in [4.78, 5) is 18.4. The molecule has 2 fully saturated rings. The number of likely N-dealkylation sites (tertiary alicyclic amines) is 1. The number of aromatic nitrogens is 1. The number of hydrogen-bond acceptors (Lipinski definition) is 4. The third-order valence-corrected chi connectivity index (χ3v) is 4.60. The molecule has 2 amide bonds. The fourth-order valence-corrected chi connectivity index (χ4v) is 3.34. The number of nitrogens with zero attached hydrogens (tertiary/aromatic N) is 2. The van der Waals surface area contributed by atoms with Crippen LogP contribution in [0.25, 0.3) is 0 Å². The first-order valence-corrected chi connectivity index (χ1v) is 8.52. The zero-order valence-electron chi connectivity index (χ0n) is 13.7. The largest absolute Gasteiger partial charge is 0.478 e. The van der Waals surface area contributed by atoms with Gasteiger partial charge in [-0.2, -0.15) is 0 Å². The average molecular weight is 319 g/mol. The van der Waals surface area contributed by atoms with E-state index in [4.69, 9.17) is 9.47 Å². The van der Waals surface area contributed by atoms with Crippen molar-refractivity contribution >= 4 is 11.7 Å². The molecule has 1 aromatic rings. The van der Waals surface area contributed by atoms with E-state index in [0.717, 1.165) is 32.5 Å². The fraction of sp³-hybridized carbons (Fsp3) is 0.647. The molecular weight excluding hydrogens is 294 g/mol. The monoisotopic (exact) mass is 319 g/mol. The molecule has 1 aromatic heterocycles. The number of piperidine rings is 1. The lowest BCUT2D eigenvalue weighted by molar-refractivity contribution is 0.0382. The molecule has 0 saturated carbocycles. The average Bonchev–Trinajstić information content (AvgIpc) is 3.11. The Morgan fingerprint density at radius 2 is 2.22 bits per heavy atom. The fourth-order valence-electron chi connectivity index (χ4n) is 3.34. The van der Waals surface area contributed by atoms with Crippen molar-refractivity contribution in [2.24, 2.45) is 5.92 Å². The second-order valence-corrected chi connectivity index (χ2v) is 6.12. The highest BCUT2D eigenvalue weighted by atomic mass is 16.5. The van der Waals surface area contributed by atoms with Crippen molar-refractivity contribution in [2.45, 2.75) is 38.7 Å². The molecule has 126 valence electrons. The summed E-state index contributed by atoms with van der Waals surface area (Å²) in [5, 5.41) is 2.90. The van der Waals surface area contributed by atoms with E-state index in [1.807, 2.05) is 17.9 Å². The Labute approximate surface area is 137 Å². The highest BCUT2D eigenvalue weighted by Crippen LogP contribution is 2.29. The zero-order chi connectivity index (χ0) is 16.1. The number of rotatable bonds is 4. The minimum atomic E-state index is -0.0539. The van der Waals surface area contributed by atoms with Gasteiger partial charge in [-0.15, -0.1) is 0 Å². The van der Waals surface area contributed by atoms with Gasteiger partial charge < -0.3 is 19.7 Å². The van der Waals surface area contributed by atoms with Crippen molar-refractivity contribution in [1.82, 2.24) is 9.88 Å². The summed E-state index contributed by atoms with van der Waals surface area (Å²) in [6.07, 6.45) is 6.45. The number of ether oxygens (including phenoxy) is 2. The first-order valence-electron chi connectivity index (χ1n) is 8.52. The van der Waals surface area contributed by atoms with Gasteiger partial charge in [-0.05, 0) is 44.6 Å². The number of carbonyl (C=O) groups is 1. The normalized spacial score (nSPS) is 22.1. The molecular formula is C17H25N3O3. The number of carbonyl (C=O) groups excluding carboxylic acids is 1. The molecule has 2 saturated heterocycles. The van der Waals surface area contributed by atoms with E-state index in [-0.39, 0.29) is 6.03 Å². The summed E-state index contributed by atoms with van der Waals surface area (Å²) in [7, 11) is 0. The number of hydrogen-bond donors (Lipinski definition) is 1. The summed E-state index contributed by atoms with van der Waals surface area (Å²) in [5.41, 5.74) is 0.694. The molecule has 3 rings (SSSR count). The SMILES string of the molecule is CCOc1ccc(NC(=O)N2CCC([C@H]3CCCO3)CC2)cn1. The van der Waals surface area contributed by atoms with Crippen LogP contribution < -0.4 is 10.1 Å². The highest BCUT2D eigenvalue weighted by Gasteiger charge is 2.30. The predicted molar refractivity (Wildman–Crippen MR) is 87.7 cm³/mol. The molecule has 1 N–H and O–H groups in total. The quantitative estimate of drug-likeness (QED) is 0.927. The number of nitrogens with one attached hydrogen (secondary N) is 1. The molecule has 6 heteroatoms. The van der Waals surface area contributed by atoms with Gasteiger partial charge in [0.1, 0.15) is 0 Å². The van der Waals surface area contributed by atoms with Crippen molar-refractivity contribution in [3.8, 4) is 5.88 Å². The predicted octanol–water partition coefficient (Wildman–Crippen LogP) is 2.90. The molecule has 6 nitrogen and oxygen atoms in total. The zero-order valence-corrected chi connectivity index (χ0v) is 13.7. The van der Waals surface area contributed by atoms with E-state index in [1.54, 1.807) is 12.3 Å². The minimum Gasteiger partial charge on any atom is -0.478 e. The van der Waals surface area contributed by atoms with Crippen LogP contribution in [0, 0.1) is 5.92 Å². The highest BCUT2D eigenvalue weighted by molar-refractivity contribution is 5.89. The van der Waals surface area contributed by atoms with Crippen LogP contribution in [0.5, 0.6) is 5.88 Å². The Morgan fingerprint density at radius 1 is 1.39 bits per heavy atom. The van der Waals surface area contributed by atoms with Crippen LogP contribution in [0.3, 0.4) is 0 Å². The summed E-state index contributed by atoms with van der Waals surface area (Å²) in [5.74, 6) is 1.18. The number of anilines is 1. The van der Waals surface area contributed by atoms with Crippen LogP contribution in [0.2, 0.25) is 0 Å². The van der Waals surface area contributed by atoms with Gasteiger partial charge in [-0.1, -0.05) is 0 Å². The molecule has 0 bridgehead atoms. The number of urea groups is 1. The van der Waals surface area contributed by atoms with Crippen LogP contribution in [0.1, 0.15) is 32.6 Å². The lowest BCUT2D eigenvalue weighted by Crippen LogP contribution is -2.43. The molecule has 0 aliphatic carbocycles. The van der Waals surface area contributed by atoms with Crippen molar-refractivity contribution in [3.05, 3.63) is 18.3 Å². The van der Waals surface area contributed by atoms with Gasteiger partial charge in [0, 0.05) is 25.8 Å². The molecule has 0 aromatic carbocycles. The number of pyridine rings is 1. The van der Waals surface area contributed by atoms with E-state index in [1.165, 1.54) is 12.8 Å². The lowest BCUT2D eigenvalue weighted by Gasteiger charge is -2.34. The van der Waals surface area contributed by atoms with Crippen LogP contribution >= 0.6 is 0 Å². The molecule has 0 spiro atoms. The van der Waals surface area contributed by atoms with Gasteiger partial charge in [-0.3, -0.25) is 0 Å². The maximum Gasteiger partial charge on any atom is 0.321 e. The molecule has 1 atom stereocenters. The first-order chi connectivity index (χ1) is 11.3. The smallest absolute Gasteiger partial charge is 0.321 e. The van der Waals surface area contributed by atoms with Crippen molar-refractivity contribution in [2.75, 3.05) is 31.6 Å². The van der Waals surface area contributed by atoms with E-state index >= 15 is 0 Å². The topological polar surface area (TPSA) is 63.7 Å². The van der Waals surface area contributed by atoms with E-state index in [9.17, 15) is 4.79 Å². The Balaban J connectivity index is 1.47. The summed E-state index contributed by atoms with van der Waals surface area (Å²) in [6.45, 7) is 4.98. The summed E-state index contributed by atoms with van der Waals surface area (Å²) < 4.78 is 11.1. The third-order valence-electron chi connectivity index (χ3n) is 4.60. The van der Waals surface area contributed by atoms with Crippen LogP contribution in [-0.2, 0) is 4.74 Å². The van der Waals surface area contributed by atoms with Crippen molar-refractivity contribution in [1.29, 1.82) is 0 Å². The van der Waals surface area contributed by atoms with E-state index in [2.05, 4.69) is 10.3 Å². The molecule has 2 aliphatic rings. The lowest BCUT2D eigenvalue weighted by atomic mass is 9.90. The molecule has 23 heavy (non-hydrogen) atoms. The van der Waals surface area contributed by atoms with Crippen molar-refractivity contribution < 1.29 is 14.3 Å². The summed E-state index contributed by atoms with van der Waals surface area (Å²) in [6, 6.07) is 3.53. The van der Waals surface area contributed by atoms with Gasteiger partial charge in [0.15, 0.2) is 0 Å². The number of amides is 2. The first kappa shape index (κ1) is 16.1. The van der Waals surface area contributed by atoms with E-state index < -0.39 is 0 Å². The van der Waals surface area contributed by atoms with Crippen LogP contribution in [-0.4, -0.2) is 48.3 Å². The molecule has 0 unspecified atom stereocenters. The Morgan fingerprint density at radius 3 is 2.83 bits per heavy atom. The Bertz CT molecular complexity index is 506. The van der Waals surface area contributed by atoms with Crippen LogP contribution in [0.15, 0.2) is 18.3 Å². The molecule has 0 radical (unpaired) electrons. The maximum atomic E-state index is 12.3. The van der Waals surface area contributed by atoms with Crippen LogP contribution in [0.4, 0.5) is 10.5 Å². The van der Waals surface area contributed by atoms with Gasteiger partial charge in [0.05, 0.1) is 24.6 Å².